The molecule has 122 valence electrons. The number of anilines is 1. The lowest BCUT2D eigenvalue weighted by Gasteiger charge is -2.35. The minimum absolute atomic E-state index is 0.0836. The lowest BCUT2D eigenvalue weighted by molar-refractivity contribution is -0.388. The first-order chi connectivity index (χ1) is 10.3. The van der Waals surface area contributed by atoms with Crippen LogP contribution in [0.2, 0.25) is 0 Å². The Morgan fingerprint density at radius 2 is 1.91 bits per heavy atom. The van der Waals surface area contributed by atoms with E-state index in [1.54, 1.807) is 23.4 Å². The van der Waals surface area contributed by atoms with Gasteiger partial charge < -0.3 is 24.8 Å². The van der Waals surface area contributed by atoms with Crippen molar-refractivity contribution in [1.82, 2.24) is 19.4 Å². The number of hydrogen-bond donors (Lipinski definition) is 0. The number of rotatable bonds is 4. The fourth-order valence-corrected chi connectivity index (χ4v) is 2.60. The molecule has 0 atom stereocenters. The molecule has 0 spiro atoms. The van der Waals surface area contributed by atoms with E-state index in [-0.39, 0.29) is 11.7 Å². The molecular weight excluding hydrogens is 288 g/mol. The van der Waals surface area contributed by atoms with Crippen molar-refractivity contribution < 1.29 is 9.72 Å². The number of carbonyl (C=O) groups is 1. The van der Waals surface area contributed by atoms with Gasteiger partial charge in [-0.05, 0) is 24.0 Å². The highest BCUT2D eigenvalue weighted by atomic mass is 16.6. The van der Waals surface area contributed by atoms with Crippen molar-refractivity contribution in [1.29, 1.82) is 0 Å². The Morgan fingerprint density at radius 3 is 2.41 bits per heavy atom. The highest BCUT2D eigenvalue weighted by molar-refractivity contribution is 5.78. The lowest BCUT2D eigenvalue weighted by atomic mass is 10.3. The van der Waals surface area contributed by atoms with E-state index in [4.69, 9.17) is 0 Å². The van der Waals surface area contributed by atoms with E-state index in [1.165, 1.54) is 0 Å². The summed E-state index contributed by atoms with van der Waals surface area (Å²) >= 11 is 0. The molecule has 1 amide bonds. The second kappa shape index (κ2) is 6.30. The number of nitro groups is 1. The molecule has 0 saturated carbocycles. The molecule has 0 N–H and O–H groups in total. The largest absolute Gasteiger partial charge is 0.406 e. The first kappa shape index (κ1) is 16.2. The van der Waals surface area contributed by atoms with Crippen molar-refractivity contribution in [2.45, 2.75) is 6.92 Å². The topological polar surface area (TPSA) is 87.8 Å². The molecule has 1 aliphatic heterocycles. The SMILES string of the molecule is Cc1nc([N+](=O)[O-])c(N2CCN(C(=O)CN(C)C)CC2)n1C. The molecule has 0 unspecified atom stereocenters. The Balaban J connectivity index is 2.09. The molecule has 22 heavy (non-hydrogen) atoms. The standard InChI is InChI=1S/C13H22N6O3/c1-10-14-12(19(21)22)13(16(10)4)18-7-5-17(6-8-18)11(20)9-15(2)3/h5-9H2,1-4H3. The third-order valence-corrected chi connectivity index (χ3v) is 3.83. The van der Waals surface area contributed by atoms with Crippen LogP contribution in [0.15, 0.2) is 0 Å². The first-order valence-electron chi connectivity index (χ1n) is 7.16. The van der Waals surface area contributed by atoms with Crippen molar-refractivity contribution in [2.24, 2.45) is 7.05 Å². The fraction of sp³-hybridized carbons (Fsp3) is 0.692. The van der Waals surface area contributed by atoms with Crippen LogP contribution < -0.4 is 4.90 Å². The van der Waals surface area contributed by atoms with Crippen LogP contribution in [0, 0.1) is 17.0 Å². The van der Waals surface area contributed by atoms with Gasteiger partial charge in [-0.2, -0.15) is 0 Å². The number of amides is 1. The second-order valence-electron chi connectivity index (χ2n) is 5.73. The number of carbonyl (C=O) groups excluding carboxylic acids is 1. The molecule has 1 saturated heterocycles. The van der Waals surface area contributed by atoms with Crippen LogP contribution in [0.3, 0.4) is 0 Å². The summed E-state index contributed by atoms with van der Waals surface area (Å²) in [7, 11) is 5.49. The Kier molecular flexibility index (Phi) is 4.65. The highest BCUT2D eigenvalue weighted by Gasteiger charge is 2.31. The predicted molar refractivity (Wildman–Crippen MR) is 81.9 cm³/mol. The summed E-state index contributed by atoms with van der Waals surface area (Å²) in [6, 6.07) is 0. The smallest absolute Gasteiger partial charge is 0.358 e. The monoisotopic (exact) mass is 310 g/mol. The number of hydrogen-bond acceptors (Lipinski definition) is 6. The van der Waals surface area contributed by atoms with Gasteiger partial charge in [0.15, 0.2) is 0 Å². The van der Waals surface area contributed by atoms with E-state index < -0.39 is 4.92 Å². The zero-order valence-corrected chi connectivity index (χ0v) is 13.4. The zero-order chi connectivity index (χ0) is 16.4. The van der Waals surface area contributed by atoms with E-state index in [0.717, 1.165) is 0 Å². The van der Waals surface area contributed by atoms with Crippen LogP contribution in [0.1, 0.15) is 5.82 Å². The summed E-state index contributed by atoms with van der Waals surface area (Å²) in [5.41, 5.74) is 0. The number of aromatic nitrogens is 2. The van der Waals surface area contributed by atoms with Gasteiger partial charge in [-0.25, -0.2) is 0 Å². The van der Waals surface area contributed by atoms with E-state index in [2.05, 4.69) is 4.98 Å². The third-order valence-electron chi connectivity index (χ3n) is 3.83. The normalized spacial score (nSPS) is 15.5. The summed E-state index contributed by atoms with van der Waals surface area (Å²) < 4.78 is 1.73. The summed E-state index contributed by atoms with van der Waals surface area (Å²) in [4.78, 5) is 32.3. The number of aryl methyl sites for hydroxylation is 1. The molecule has 9 nitrogen and oxygen atoms in total. The molecule has 9 heteroatoms. The second-order valence-corrected chi connectivity index (χ2v) is 5.73. The van der Waals surface area contributed by atoms with Gasteiger partial charge in [0.05, 0.1) is 6.54 Å². The van der Waals surface area contributed by atoms with Crippen LogP contribution in [0.25, 0.3) is 0 Å². The molecule has 0 aromatic carbocycles. The van der Waals surface area contributed by atoms with Crippen LogP contribution in [-0.2, 0) is 11.8 Å². The van der Waals surface area contributed by atoms with Crippen molar-refractivity contribution in [3.05, 3.63) is 15.9 Å². The van der Waals surface area contributed by atoms with Crippen molar-refractivity contribution in [3.8, 4) is 0 Å². The van der Waals surface area contributed by atoms with Gasteiger partial charge in [-0.1, -0.05) is 0 Å². The molecule has 2 heterocycles. The molecule has 1 aromatic heterocycles. The first-order valence-corrected chi connectivity index (χ1v) is 7.16. The van der Waals surface area contributed by atoms with Crippen LogP contribution in [0.5, 0.6) is 0 Å². The number of imidazole rings is 1. The van der Waals surface area contributed by atoms with Crippen molar-refractivity contribution in [2.75, 3.05) is 51.7 Å². The number of piperazine rings is 1. The van der Waals surface area contributed by atoms with Crippen molar-refractivity contribution in [3.63, 3.8) is 0 Å². The molecule has 1 aliphatic rings. The maximum Gasteiger partial charge on any atom is 0.406 e. The summed E-state index contributed by atoms with van der Waals surface area (Å²) in [5, 5.41) is 11.2. The summed E-state index contributed by atoms with van der Waals surface area (Å²) in [6.07, 6.45) is 0. The predicted octanol–water partition coefficient (Wildman–Crippen LogP) is -0.153. The summed E-state index contributed by atoms with van der Waals surface area (Å²) in [5.74, 6) is 1.09. The zero-order valence-electron chi connectivity index (χ0n) is 13.4. The molecule has 0 bridgehead atoms. The molecule has 1 aromatic rings. The number of likely N-dealkylation sites (N-methyl/N-ethyl adjacent to an activating group) is 1. The van der Waals surface area contributed by atoms with Crippen molar-refractivity contribution >= 4 is 17.5 Å². The van der Waals surface area contributed by atoms with E-state index >= 15 is 0 Å². The summed E-state index contributed by atoms with van der Waals surface area (Å²) in [6.45, 7) is 4.39. The average Bonchev–Trinajstić information content (AvgIpc) is 2.75. The minimum atomic E-state index is -0.452. The molecule has 0 aliphatic carbocycles. The Hall–Kier alpha value is -2.16. The average molecular weight is 310 g/mol. The molecule has 1 fully saturated rings. The van der Waals surface area contributed by atoms with Gasteiger partial charge in [-0.3, -0.25) is 9.36 Å². The van der Waals surface area contributed by atoms with Gasteiger partial charge in [0.2, 0.25) is 17.5 Å². The Morgan fingerprint density at radius 1 is 1.32 bits per heavy atom. The maximum atomic E-state index is 12.0. The van der Waals surface area contributed by atoms with Gasteiger partial charge in [0, 0.05) is 40.2 Å². The molecule has 2 rings (SSSR count). The van der Waals surface area contributed by atoms with E-state index in [0.29, 0.717) is 44.4 Å². The minimum Gasteiger partial charge on any atom is -0.358 e. The highest BCUT2D eigenvalue weighted by Crippen LogP contribution is 2.28. The van der Waals surface area contributed by atoms with Crippen LogP contribution >= 0.6 is 0 Å². The Bertz CT molecular complexity index is 575. The van der Waals surface area contributed by atoms with Gasteiger partial charge in [0.25, 0.3) is 0 Å². The number of nitrogens with zero attached hydrogens (tertiary/aromatic N) is 6. The third kappa shape index (κ3) is 3.19. The van der Waals surface area contributed by atoms with E-state index in [1.807, 2.05) is 23.9 Å². The van der Waals surface area contributed by atoms with Gasteiger partial charge in [-0.15, -0.1) is 0 Å². The quantitative estimate of drug-likeness (QED) is 0.567. The maximum absolute atomic E-state index is 12.0. The van der Waals surface area contributed by atoms with Crippen LogP contribution in [-0.4, -0.2) is 77.0 Å². The van der Waals surface area contributed by atoms with Gasteiger partial charge >= 0.3 is 5.82 Å². The fourth-order valence-electron chi connectivity index (χ4n) is 2.60. The van der Waals surface area contributed by atoms with Crippen LogP contribution in [0.4, 0.5) is 11.6 Å². The molecular formula is C13H22N6O3. The van der Waals surface area contributed by atoms with E-state index in [9.17, 15) is 14.9 Å². The van der Waals surface area contributed by atoms with Gasteiger partial charge in [0.1, 0.15) is 0 Å². The molecule has 0 radical (unpaired) electrons. The Labute approximate surface area is 129 Å². The lowest BCUT2D eigenvalue weighted by Crippen LogP contribution is -2.51.